The number of hydrogen-bond acceptors (Lipinski definition) is 3. The number of rotatable bonds is 5. The van der Waals surface area contributed by atoms with Gasteiger partial charge in [0.05, 0.1) is 5.71 Å². The van der Waals surface area contributed by atoms with Gasteiger partial charge in [0.15, 0.2) is 0 Å². The van der Waals surface area contributed by atoms with Gasteiger partial charge in [-0.05, 0) is 24.6 Å². The van der Waals surface area contributed by atoms with Crippen LogP contribution in [0.1, 0.15) is 18.1 Å². The van der Waals surface area contributed by atoms with Gasteiger partial charge in [-0.25, -0.2) is 0 Å². The zero-order chi connectivity index (χ0) is 13.5. The Labute approximate surface area is 113 Å². The molecule has 0 aliphatic carbocycles. The number of para-hydroxylation sites is 1. The normalized spacial score (nSPS) is 11.2. The zero-order valence-corrected chi connectivity index (χ0v) is 11.2. The Morgan fingerprint density at radius 3 is 2.42 bits per heavy atom. The van der Waals surface area contributed by atoms with Crippen molar-refractivity contribution in [2.45, 2.75) is 13.5 Å². The molecule has 0 saturated carbocycles. The molecule has 0 fully saturated rings. The number of hydrogen-bond donors (Lipinski definition) is 0. The summed E-state index contributed by atoms with van der Waals surface area (Å²) in [7, 11) is 1.54. The summed E-state index contributed by atoms with van der Waals surface area (Å²) in [5, 5.41) is 3.95. The largest absolute Gasteiger partial charge is 0.488 e. The van der Waals surface area contributed by atoms with Crippen LogP contribution in [-0.2, 0) is 11.4 Å². The van der Waals surface area contributed by atoms with E-state index in [2.05, 4.69) is 5.16 Å². The molecule has 3 heteroatoms. The molecule has 0 unspecified atom stereocenters. The van der Waals surface area contributed by atoms with Crippen molar-refractivity contribution in [2.75, 3.05) is 7.11 Å². The first-order chi connectivity index (χ1) is 9.31. The Balaban J connectivity index is 2.14. The zero-order valence-electron chi connectivity index (χ0n) is 11.2. The molecule has 0 spiro atoms. The maximum absolute atomic E-state index is 5.85. The Kier molecular flexibility index (Phi) is 4.56. The summed E-state index contributed by atoms with van der Waals surface area (Å²) in [6.45, 7) is 2.44. The molecule has 0 N–H and O–H groups in total. The first-order valence-corrected chi connectivity index (χ1v) is 6.15. The van der Waals surface area contributed by atoms with Gasteiger partial charge in [0.1, 0.15) is 19.5 Å². The van der Waals surface area contributed by atoms with E-state index in [-0.39, 0.29) is 0 Å². The van der Waals surface area contributed by atoms with Crippen molar-refractivity contribution in [3.8, 4) is 5.75 Å². The summed E-state index contributed by atoms with van der Waals surface area (Å²) in [6.07, 6.45) is 0. The highest BCUT2D eigenvalue weighted by molar-refractivity contribution is 6.00. The van der Waals surface area contributed by atoms with Crippen molar-refractivity contribution >= 4 is 5.71 Å². The van der Waals surface area contributed by atoms with Crippen molar-refractivity contribution in [3.63, 3.8) is 0 Å². The highest BCUT2D eigenvalue weighted by atomic mass is 16.6. The van der Waals surface area contributed by atoms with Gasteiger partial charge in [0, 0.05) is 5.56 Å². The Bertz CT molecular complexity index is 550. The summed E-state index contributed by atoms with van der Waals surface area (Å²) in [6, 6.07) is 17.9. The standard InChI is InChI=1S/C16H17NO2/c1-13(17-18-2)15-10-6-7-11-16(15)19-12-14-8-4-3-5-9-14/h3-11H,12H2,1-2H3. The van der Waals surface area contributed by atoms with Crippen LogP contribution in [0.25, 0.3) is 0 Å². The van der Waals surface area contributed by atoms with Gasteiger partial charge in [-0.15, -0.1) is 0 Å². The van der Waals surface area contributed by atoms with Gasteiger partial charge in [-0.2, -0.15) is 0 Å². The molecule has 0 bridgehead atoms. The van der Waals surface area contributed by atoms with Crippen LogP contribution in [0.2, 0.25) is 0 Å². The smallest absolute Gasteiger partial charge is 0.128 e. The lowest BCUT2D eigenvalue weighted by Gasteiger charge is -2.11. The first-order valence-electron chi connectivity index (χ1n) is 6.15. The summed E-state index contributed by atoms with van der Waals surface area (Å²) < 4.78 is 5.85. The molecule has 0 saturated heterocycles. The highest BCUT2D eigenvalue weighted by Gasteiger charge is 2.06. The molecular formula is C16H17NO2. The average Bonchev–Trinajstić information content (AvgIpc) is 2.47. The lowest BCUT2D eigenvalue weighted by molar-refractivity contribution is 0.213. The second-order valence-corrected chi connectivity index (χ2v) is 4.13. The molecular weight excluding hydrogens is 238 g/mol. The predicted molar refractivity (Wildman–Crippen MR) is 76.4 cm³/mol. The van der Waals surface area contributed by atoms with Crippen molar-refractivity contribution in [1.29, 1.82) is 0 Å². The van der Waals surface area contributed by atoms with E-state index in [1.165, 1.54) is 7.11 Å². The van der Waals surface area contributed by atoms with E-state index in [1.54, 1.807) is 0 Å². The molecule has 19 heavy (non-hydrogen) atoms. The number of nitrogens with zero attached hydrogens (tertiary/aromatic N) is 1. The van der Waals surface area contributed by atoms with Gasteiger partial charge in [-0.1, -0.05) is 47.6 Å². The molecule has 0 aliphatic rings. The summed E-state index contributed by atoms with van der Waals surface area (Å²) in [5.74, 6) is 0.810. The topological polar surface area (TPSA) is 30.8 Å². The van der Waals surface area contributed by atoms with Crippen LogP contribution in [0, 0.1) is 0 Å². The quantitative estimate of drug-likeness (QED) is 0.603. The van der Waals surface area contributed by atoms with Crippen LogP contribution in [0.15, 0.2) is 59.8 Å². The van der Waals surface area contributed by atoms with Gasteiger partial charge >= 0.3 is 0 Å². The van der Waals surface area contributed by atoms with Crippen LogP contribution >= 0.6 is 0 Å². The van der Waals surface area contributed by atoms with Crippen molar-refractivity contribution in [1.82, 2.24) is 0 Å². The second kappa shape index (κ2) is 6.59. The molecule has 3 nitrogen and oxygen atoms in total. The molecule has 2 aromatic carbocycles. The fraction of sp³-hybridized carbons (Fsp3) is 0.188. The predicted octanol–water partition coefficient (Wildman–Crippen LogP) is 3.64. The highest BCUT2D eigenvalue weighted by Crippen LogP contribution is 2.20. The Morgan fingerprint density at radius 1 is 1.00 bits per heavy atom. The van der Waals surface area contributed by atoms with E-state index in [0.717, 1.165) is 22.6 Å². The fourth-order valence-corrected chi connectivity index (χ4v) is 1.81. The monoisotopic (exact) mass is 255 g/mol. The molecule has 0 heterocycles. The minimum absolute atomic E-state index is 0.540. The van der Waals surface area contributed by atoms with Crippen molar-refractivity contribution < 1.29 is 9.57 Å². The van der Waals surface area contributed by atoms with Crippen molar-refractivity contribution in [2.24, 2.45) is 5.16 Å². The molecule has 0 atom stereocenters. The van der Waals surface area contributed by atoms with Gasteiger partial charge in [0.2, 0.25) is 0 Å². The van der Waals surface area contributed by atoms with E-state index in [0.29, 0.717) is 6.61 Å². The van der Waals surface area contributed by atoms with Gasteiger partial charge < -0.3 is 9.57 Å². The molecule has 2 aromatic rings. The average molecular weight is 255 g/mol. The minimum atomic E-state index is 0.540. The van der Waals surface area contributed by atoms with Crippen LogP contribution in [-0.4, -0.2) is 12.8 Å². The molecule has 98 valence electrons. The second-order valence-electron chi connectivity index (χ2n) is 4.13. The Morgan fingerprint density at radius 2 is 1.68 bits per heavy atom. The molecule has 0 aliphatic heterocycles. The molecule has 0 amide bonds. The van der Waals surface area contributed by atoms with Gasteiger partial charge in [0.25, 0.3) is 0 Å². The van der Waals surface area contributed by atoms with Crippen LogP contribution in [0.5, 0.6) is 5.75 Å². The van der Waals surface area contributed by atoms with Crippen LogP contribution in [0.4, 0.5) is 0 Å². The van der Waals surface area contributed by atoms with E-state index in [1.807, 2.05) is 61.5 Å². The maximum atomic E-state index is 5.85. The summed E-state index contributed by atoms with van der Waals surface area (Å²) in [4.78, 5) is 4.81. The van der Waals surface area contributed by atoms with Gasteiger partial charge in [-0.3, -0.25) is 0 Å². The SMILES string of the molecule is CON=C(C)c1ccccc1OCc1ccccc1. The van der Waals surface area contributed by atoms with E-state index < -0.39 is 0 Å². The van der Waals surface area contributed by atoms with E-state index in [9.17, 15) is 0 Å². The number of ether oxygens (including phenoxy) is 1. The third-order valence-electron chi connectivity index (χ3n) is 2.74. The lowest BCUT2D eigenvalue weighted by Crippen LogP contribution is -2.02. The molecule has 0 aromatic heterocycles. The van der Waals surface area contributed by atoms with Crippen molar-refractivity contribution in [3.05, 3.63) is 65.7 Å². The summed E-state index contributed by atoms with van der Waals surface area (Å²) >= 11 is 0. The molecule has 2 rings (SSSR count). The minimum Gasteiger partial charge on any atom is -0.488 e. The Hall–Kier alpha value is -2.29. The first kappa shape index (κ1) is 13.1. The molecule has 0 radical (unpaired) electrons. The number of oxime groups is 1. The van der Waals surface area contributed by atoms with Crippen LogP contribution in [0.3, 0.4) is 0 Å². The fourth-order valence-electron chi connectivity index (χ4n) is 1.81. The third-order valence-corrected chi connectivity index (χ3v) is 2.74. The van der Waals surface area contributed by atoms with Crippen LogP contribution < -0.4 is 4.74 Å². The number of benzene rings is 2. The maximum Gasteiger partial charge on any atom is 0.128 e. The van der Waals surface area contributed by atoms with E-state index >= 15 is 0 Å². The third kappa shape index (κ3) is 3.58. The van der Waals surface area contributed by atoms with E-state index in [4.69, 9.17) is 9.57 Å². The summed E-state index contributed by atoms with van der Waals surface area (Å²) in [5.41, 5.74) is 2.88. The lowest BCUT2D eigenvalue weighted by atomic mass is 10.1.